The Bertz CT molecular complexity index is 461. The molecule has 0 heterocycles. The second kappa shape index (κ2) is 5.40. The van der Waals surface area contributed by atoms with E-state index in [9.17, 15) is 31.4 Å². The zero-order chi connectivity index (χ0) is 15.8. The Kier molecular flexibility index (Phi) is 4.10. The summed E-state index contributed by atoms with van der Waals surface area (Å²) in [5.74, 6) is -3.47. The van der Waals surface area contributed by atoms with Gasteiger partial charge in [0.1, 0.15) is 5.75 Å². The topological polar surface area (TPSA) is 29.5 Å². The van der Waals surface area contributed by atoms with Crippen LogP contribution in [0.3, 0.4) is 0 Å². The van der Waals surface area contributed by atoms with Crippen LogP contribution in [-0.4, -0.2) is 23.6 Å². The van der Waals surface area contributed by atoms with E-state index >= 15 is 0 Å². The summed E-state index contributed by atoms with van der Waals surface area (Å²) in [6, 6.07) is 4.51. The lowest BCUT2D eigenvalue weighted by Crippen LogP contribution is -2.40. The molecule has 118 valence electrons. The van der Waals surface area contributed by atoms with Gasteiger partial charge in [-0.2, -0.15) is 26.3 Å². The average Bonchev–Trinajstić information content (AvgIpc) is 3.10. The Morgan fingerprint density at radius 2 is 1.43 bits per heavy atom. The molecule has 0 radical (unpaired) electrons. The first-order chi connectivity index (χ1) is 9.59. The fourth-order valence-corrected chi connectivity index (χ4v) is 1.86. The van der Waals surface area contributed by atoms with Crippen molar-refractivity contribution in [1.29, 1.82) is 0 Å². The lowest BCUT2D eigenvalue weighted by atomic mass is 9.94. The molecule has 0 saturated heterocycles. The molecule has 1 fully saturated rings. The number of benzene rings is 1. The van der Waals surface area contributed by atoms with Crippen LogP contribution in [0, 0.1) is 5.92 Å². The summed E-state index contributed by atoms with van der Waals surface area (Å²) < 4.78 is 80.4. The van der Waals surface area contributed by atoms with Gasteiger partial charge in [-0.1, -0.05) is 12.1 Å². The third-order valence-electron chi connectivity index (χ3n) is 3.07. The predicted molar refractivity (Wildman–Crippen MR) is 60.7 cm³/mol. The number of ether oxygens (including phenoxy) is 1. The Labute approximate surface area is 116 Å². The minimum Gasteiger partial charge on any atom is -0.490 e. The van der Waals surface area contributed by atoms with Gasteiger partial charge in [0.2, 0.25) is 0 Å². The van der Waals surface area contributed by atoms with Crippen molar-refractivity contribution in [2.45, 2.75) is 37.4 Å². The molecule has 0 spiro atoms. The summed E-state index contributed by atoms with van der Waals surface area (Å²) in [5.41, 5.74) is -0.460. The second-order valence-electron chi connectivity index (χ2n) is 4.89. The number of rotatable bonds is 4. The highest BCUT2D eigenvalue weighted by atomic mass is 19.4. The zero-order valence-electron chi connectivity index (χ0n) is 10.6. The molecule has 1 aromatic carbocycles. The molecule has 8 heteroatoms. The summed E-state index contributed by atoms with van der Waals surface area (Å²) >= 11 is 0. The van der Waals surface area contributed by atoms with Crippen molar-refractivity contribution in [3.05, 3.63) is 29.8 Å². The molecule has 0 aromatic heterocycles. The van der Waals surface area contributed by atoms with Gasteiger partial charge in [0.25, 0.3) is 0 Å². The molecule has 21 heavy (non-hydrogen) atoms. The van der Waals surface area contributed by atoms with Crippen LogP contribution in [0.4, 0.5) is 26.3 Å². The monoisotopic (exact) mass is 314 g/mol. The Balaban J connectivity index is 2.17. The van der Waals surface area contributed by atoms with Gasteiger partial charge >= 0.3 is 12.4 Å². The van der Waals surface area contributed by atoms with Gasteiger partial charge in [0.05, 0.1) is 12.2 Å². The van der Waals surface area contributed by atoms with Gasteiger partial charge in [-0.05, 0) is 30.5 Å². The maximum absolute atomic E-state index is 12.5. The minimum atomic E-state index is -5.58. The van der Waals surface area contributed by atoms with E-state index in [1.54, 1.807) is 0 Å². The van der Waals surface area contributed by atoms with Crippen molar-refractivity contribution in [3.63, 3.8) is 0 Å². The SMILES string of the molecule is OC(c1ccc(OC2CC2)cc1)C(C(F)(F)F)C(F)(F)F. The van der Waals surface area contributed by atoms with E-state index in [0.29, 0.717) is 5.75 Å². The third kappa shape index (κ3) is 4.03. The normalized spacial score (nSPS) is 17.9. The van der Waals surface area contributed by atoms with Crippen LogP contribution in [0.2, 0.25) is 0 Å². The number of alkyl halides is 6. The fraction of sp³-hybridized carbons (Fsp3) is 0.538. The van der Waals surface area contributed by atoms with Crippen molar-refractivity contribution < 1.29 is 36.2 Å². The summed E-state index contributed by atoms with van der Waals surface area (Å²) in [4.78, 5) is 0. The summed E-state index contributed by atoms with van der Waals surface area (Å²) in [7, 11) is 0. The average molecular weight is 314 g/mol. The molecule has 0 amide bonds. The molecule has 2 nitrogen and oxygen atoms in total. The van der Waals surface area contributed by atoms with Crippen LogP contribution in [0.1, 0.15) is 24.5 Å². The molecule has 1 aromatic rings. The lowest BCUT2D eigenvalue weighted by molar-refractivity contribution is -0.307. The quantitative estimate of drug-likeness (QED) is 0.851. The van der Waals surface area contributed by atoms with Crippen LogP contribution >= 0.6 is 0 Å². The van der Waals surface area contributed by atoms with Crippen LogP contribution in [0.5, 0.6) is 5.75 Å². The molecule has 2 rings (SSSR count). The van der Waals surface area contributed by atoms with E-state index in [4.69, 9.17) is 4.74 Å². The maximum atomic E-state index is 12.5. The predicted octanol–water partition coefficient (Wildman–Crippen LogP) is 4.00. The van der Waals surface area contributed by atoms with E-state index in [1.165, 1.54) is 12.1 Å². The molecule has 0 aliphatic heterocycles. The van der Waals surface area contributed by atoms with Gasteiger partial charge in [0.15, 0.2) is 5.92 Å². The summed E-state index contributed by atoms with van der Waals surface area (Å²) in [6.07, 6.45) is -12.1. The first-order valence-corrected chi connectivity index (χ1v) is 6.17. The highest BCUT2D eigenvalue weighted by molar-refractivity contribution is 5.29. The largest absolute Gasteiger partial charge is 0.490 e. The molecular formula is C13H12F6O2. The van der Waals surface area contributed by atoms with Crippen LogP contribution in [0.15, 0.2) is 24.3 Å². The number of aliphatic hydroxyl groups is 1. The van der Waals surface area contributed by atoms with Crippen LogP contribution in [-0.2, 0) is 0 Å². The highest BCUT2D eigenvalue weighted by Gasteiger charge is 2.60. The van der Waals surface area contributed by atoms with Gasteiger partial charge < -0.3 is 9.84 Å². The summed E-state index contributed by atoms with van der Waals surface area (Å²) in [6.45, 7) is 0. The van der Waals surface area contributed by atoms with Crippen molar-refractivity contribution in [3.8, 4) is 5.75 Å². The molecule has 1 aliphatic carbocycles. The Morgan fingerprint density at radius 3 is 1.81 bits per heavy atom. The molecule has 1 aliphatic rings. The van der Waals surface area contributed by atoms with Crippen molar-refractivity contribution in [2.75, 3.05) is 0 Å². The minimum absolute atomic E-state index is 0.0545. The number of halogens is 6. The first-order valence-electron chi connectivity index (χ1n) is 6.17. The van der Waals surface area contributed by atoms with Gasteiger partial charge in [-0.25, -0.2) is 0 Å². The van der Waals surface area contributed by atoms with E-state index < -0.39 is 29.9 Å². The van der Waals surface area contributed by atoms with Gasteiger partial charge in [0, 0.05) is 0 Å². The second-order valence-corrected chi connectivity index (χ2v) is 4.89. The van der Waals surface area contributed by atoms with Crippen molar-refractivity contribution >= 4 is 0 Å². The van der Waals surface area contributed by atoms with Crippen LogP contribution in [0.25, 0.3) is 0 Å². The smallest absolute Gasteiger partial charge is 0.403 e. The van der Waals surface area contributed by atoms with E-state index in [-0.39, 0.29) is 6.10 Å². The highest BCUT2D eigenvalue weighted by Crippen LogP contribution is 2.46. The van der Waals surface area contributed by atoms with Gasteiger partial charge in [-0.15, -0.1) is 0 Å². The van der Waals surface area contributed by atoms with E-state index in [0.717, 1.165) is 25.0 Å². The molecule has 1 N–H and O–H groups in total. The first kappa shape index (κ1) is 15.9. The summed E-state index contributed by atoms with van der Waals surface area (Å²) in [5, 5.41) is 9.46. The molecule has 1 unspecified atom stereocenters. The zero-order valence-corrected chi connectivity index (χ0v) is 10.6. The molecule has 0 bridgehead atoms. The Morgan fingerprint density at radius 1 is 0.952 bits per heavy atom. The molecular weight excluding hydrogens is 302 g/mol. The van der Waals surface area contributed by atoms with Gasteiger partial charge in [-0.3, -0.25) is 0 Å². The fourth-order valence-electron chi connectivity index (χ4n) is 1.86. The third-order valence-corrected chi connectivity index (χ3v) is 3.07. The van der Waals surface area contributed by atoms with Crippen LogP contribution < -0.4 is 4.74 Å². The number of aliphatic hydroxyl groups excluding tert-OH is 1. The van der Waals surface area contributed by atoms with Crippen molar-refractivity contribution in [1.82, 2.24) is 0 Å². The maximum Gasteiger partial charge on any atom is 0.403 e. The molecule has 1 atom stereocenters. The van der Waals surface area contributed by atoms with Crippen molar-refractivity contribution in [2.24, 2.45) is 5.92 Å². The molecule has 1 saturated carbocycles. The Hall–Kier alpha value is -1.44. The lowest BCUT2D eigenvalue weighted by Gasteiger charge is -2.27. The van der Waals surface area contributed by atoms with E-state index in [2.05, 4.69) is 0 Å². The number of hydrogen-bond donors (Lipinski definition) is 1. The number of hydrogen-bond acceptors (Lipinski definition) is 2. The van der Waals surface area contributed by atoms with E-state index in [1.807, 2.05) is 0 Å². The standard InChI is InChI=1S/C13H12F6O2/c14-12(15,16)11(13(17,18)19)10(20)7-1-3-8(4-2-7)21-9-5-6-9/h1-4,9-11,20H,5-6H2.